The first-order chi connectivity index (χ1) is 6.65. The molecule has 0 spiro atoms. The molecule has 2 N–H and O–H groups in total. The van der Waals surface area contributed by atoms with Crippen molar-refractivity contribution < 1.29 is 14.6 Å². The first-order valence-corrected chi connectivity index (χ1v) is 4.84. The number of likely N-dealkylation sites (tertiary alicyclic amines) is 1. The van der Waals surface area contributed by atoms with E-state index in [-0.39, 0.29) is 5.92 Å². The molecule has 1 saturated heterocycles. The van der Waals surface area contributed by atoms with Crippen molar-refractivity contribution in [2.45, 2.75) is 19.8 Å². The third-order valence-electron chi connectivity index (χ3n) is 2.44. The molecule has 0 aromatic rings. The molecule has 80 valence electrons. The lowest BCUT2D eigenvalue weighted by molar-refractivity contribution is 0.127. The molecule has 14 heavy (non-hydrogen) atoms. The van der Waals surface area contributed by atoms with Gasteiger partial charge in [0.1, 0.15) is 0 Å². The van der Waals surface area contributed by atoms with Crippen molar-refractivity contribution in [2.24, 2.45) is 5.92 Å². The van der Waals surface area contributed by atoms with Gasteiger partial charge in [0.2, 0.25) is 0 Å². The zero-order valence-electron chi connectivity index (χ0n) is 8.32. The van der Waals surface area contributed by atoms with E-state index in [2.05, 4.69) is 0 Å². The summed E-state index contributed by atoms with van der Waals surface area (Å²) in [5, 5.41) is 16.3. The molecule has 1 amide bonds. The summed E-state index contributed by atoms with van der Waals surface area (Å²) >= 11 is 0. The molecule has 1 heterocycles. The normalized spacial score (nSPS) is 17.9. The SMILES string of the molecule is CCOC(=N)C1CCN(C(=O)O)CC1. The second-order valence-corrected chi connectivity index (χ2v) is 3.34. The van der Waals surface area contributed by atoms with E-state index >= 15 is 0 Å². The van der Waals surface area contributed by atoms with Gasteiger partial charge < -0.3 is 14.7 Å². The van der Waals surface area contributed by atoms with Crippen LogP contribution in [0, 0.1) is 11.3 Å². The molecule has 1 fully saturated rings. The quantitative estimate of drug-likeness (QED) is 0.522. The van der Waals surface area contributed by atoms with E-state index in [0.717, 1.165) is 0 Å². The molecular formula is C9H16N2O3. The third-order valence-corrected chi connectivity index (χ3v) is 2.44. The maximum Gasteiger partial charge on any atom is 0.407 e. The zero-order valence-corrected chi connectivity index (χ0v) is 8.32. The smallest absolute Gasteiger partial charge is 0.407 e. The standard InChI is InChI=1S/C9H16N2O3/c1-2-14-8(10)7-3-5-11(6-4-7)9(12)13/h7,10H,2-6H2,1H3,(H,12,13). The number of carboxylic acid groups (broad SMARTS) is 1. The summed E-state index contributed by atoms with van der Waals surface area (Å²) in [5.41, 5.74) is 0. The van der Waals surface area contributed by atoms with E-state index in [9.17, 15) is 4.79 Å². The van der Waals surface area contributed by atoms with Crippen LogP contribution in [0.5, 0.6) is 0 Å². The van der Waals surface area contributed by atoms with Gasteiger partial charge in [-0.3, -0.25) is 5.41 Å². The van der Waals surface area contributed by atoms with Gasteiger partial charge in [0.25, 0.3) is 0 Å². The lowest BCUT2D eigenvalue weighted by Crippen LogP contribution is -2.39. The summed E-state index contributed by atoms with van der Waals surface area (Å²) < 4.78 is 5.09. The fourth-order valence-corrected chi connectivity index (χ4v) is 1.61. The number of nitrogens with zero attached hydrogens (tertiary/aromatic N) is 1. The maximum atomic E-state index is 10.6. The average Bonchev–Trinajstić information content (AvgIpc) is 2.18. The van der Waals surface area contributed by atoms with Crippen LogP contribution < -0.4 is 0 Å². The second-order valence-electron chi connectivity index (χ2n) is 3.34. The van der Waals surface area contributed by atoms with Crippen molar-refractivity contribution in [1.29, 1.82) is 5.41 Å². The van der Waals surface area contributed by atoms with Crippen molar-refractivity contribution in [3.8, 4) is 0 Å². The summed E-state index contributed by atoms with van der Waals surface area (Å²) in [6.45, 7) is 3.38. The molecule has 1 aliphatic heterocycles. The van der Waals surface area contributed by atoms with Gasteiger partial charge in [-0.25, -0.2) is 4.79 Å². The Balaban J connectivity index is 2.35. The minimum atomic E-state index is -0.869. The monoisotopic (exact) mass is 200 g/mol. The summed E-state index contributed by atoms with van der Waals surface area (Å²) in [6, 6.07) is 0. The fraction of sp³-hybridized carbons (Fsp3) is 0.778. The van der Waals surface area contributed by atoms with Gasteiger partial charge in [-0.2, -0.15) is 0 Å². The number of rotatable bonds is 2. The third kappa shape index (κ3) is 2.61. The van der Waals surface area contributed by atoms with Crippen LogP contribution in [0.1, 0.15) is 19.8 Å². The van der Waals surface area contributed by atoms with Crippen molar-refractivity contribution in [2.75, 3.05) is 19.7 Å². The Kier molecular flexibility index (Phi) is 3.73. The molecule has 0 radical (unpaired) electrons. The summed E-state index contributed by atoms with van der Waals surface area (Å²) in [4.78, 5) is 12.0. The summed E-state index contributed by atoms with van der Waals surface area (Å²) in [6.07, 6.45) is 0.530. The number of ether oxygens (including phenoxy) is 1. The van der Waals surface area contributed by atoms with E-state index in [0.29, 0.717) is 38.4 Å². The highest BCUT2D eigenvalue weighted by Crippen LogP contribution is 2.18. The average molecular weight is 200 g/mol. The molecule has 5 nitrogen and oxygen atoms in total. The highest BCUT2D eigenvalue weighted by molar-refractivity contribution is 5.76. The predicted molar refractivity (Wildman–Crippen MR) is 51.7 cm³/mol. The van der Waals surface area contributed by atoms with Crippen LogP contribution in [0.3, 0.4) is 0 Å². The minimum Gasteiger partial charge on any atom is -0.481 e. The summed E-state index contributed by atoms with van der Waals surface area (Å²) in [7, 11) is 0. The van der Waals surface area contributed by atoms with Crippen LogP contribution in [0.25, 0.3) is 0 Å². The Morgan fingerprint density at radius 3 is 2.57 bits per heavy atom. The number of nitrogens with one attached hydrogen (secondary N) is 1. The molecule has 1 rings (SSSR count). The first-order valence-electron chi connectivity index (χ1n) is 4.84. The zero-order chi connectivity index (χ0) is 10.6. The van der Waals surface area contributed by atoms with Gasteiger partial charge in [-0.15, -0.1) is 0 Å². The van der Waals surface area contributed by atoms with E-state index in [1.165, 1.54) is 4.90 Å². The van der Waals surface area contributed by atoms with Crippen molar-refractivity contribution in [1.82, 2.24) is 4.90 Å². The van der Waals surface area contributed by atoms with E-state index < -0.39 is 6.09 Å². The number of carbonyl (C=O) groups is 1. The van der Waals surface area contributed by atoms with Crippen molar-refractivity contribution >= 4 is 12.0 Å². The van der Waals surface area contributed by atoms with Crippen molar-refractivity contribution in [3.63, 3.8) is 0 Å². The molecule has 0 atom stereocenters. The molecule has 0 aromatic carbocycles. The van der Waals surface area contributed by atoms with Gasteiger partial charge in [0.05, 0.1) is 6.61 Å². The highest BCUT2D eigenvalue weighted by atomic mass is 16.5. The molecule has 1 aliphatic rings. The number of hydrogen-bond donors (Lipinski definition) is 2. The second kappa shape index (κ2) is 4.83. The molecule has 0 unspecified atom stereocenters. The van der Waals surface area contributed by atoms with Gasteiger partial charge in [-0.1, -0.05) is 0 Å². The Bertz CT molecular complexity index is 222. The number of amides is 1. The van der Waals surface area contributed by atoms with Crippen LogP contribution >= 0.6 is 0 Å². The first kappa shape index (κ1) is 10.8. The van der Waals surface area contributed by atoms with Gasteiger partial charge in [-0.05, 0) is 19.8 Å². The Morgan fingerprint density at radius 1 is 1.57 bits per heavy atom. The van der Waals surface area contributed by atoms with Crippen LogP contribution in [0.2, 0.25) is 0 Å². The number of hydrogen-bond acceptors (Lipinski definition) is 3. The Morgan fingerprint density at radius 2 is 2.14 bits per heavy atom. The molecule has 0 bridgehead atoms. The van der Waals surface area contributed by atoms with Crippen LogP contribution in [-0.2, 0) is 4.74 Å². The largest absolute Gasteiger partial charge is 0.481 e. The number of piperidine rings is 1. The van der Waals surface area contributed by atoms with Crippen molar-refractivity contribution in [3.05, 3.63) is 0 Å². The Labute approximate surface area is 83.2 Å². The van der Waals surface area contributed by atoms with E-state index in [4.69, 9.17) is 15.3 Å². The van der Waals surface area contributed by atoms with Crippen LogP contribution in [0.4, 0.5) is 4.79 Å². The summed E-state index contributed by atoms with van der Waals surface area (Å²) in [5.74, 6) is 0.406. The predicted octanol–water partition coefficient (Wildman–Crippen LogP) is 1.39. The fourth-order valence-electron chi connectivity index (χ4n) is 1.61. The highest BCUT2D eigenvalue weighted by Gasteiger charge is 2.25. The lowest BCUT2D eigenvalue weighted by atomic mass is 9.97. The van der Waals surface area contributed by atoms with Gasteiger partial charge in [0, 0.05) is 19.0 Å². The van der Waals surface area contributed by atoms with Gasteiger partial charge >= 0.3 is 6.09 Å². The minimum absolute atomic E-state index is 0.102. The van der Waals surface area contributed by atoms with Crippen LogP contribution in [0.15, 0.2) is 0 Å². The molecule has 0 aliphatic carbocycles. The molecular weight excluding hydrogens is 184 g/mol. The van der Waals surface area contributed by atoms with Gasteiger partial charge in [0.15, 0.2) is 5.90 Å². The van der Waals surface area contributed by atoms with Crippen LogP contribution in [-0.4, -0.2) is 41.7 Å². The van der Waals surface area contributed by atoms with E-state index in [1.54, 1.807) is 0 Å². The van der Waals surface area contributed by atoms with E-state index in [1.807, 2.05) is 6.92 Å². The molecule has 0 aromatic heterocycles. The molecule has 0 saturated carbocycles. The Hall–Kier alpha value is -1.26. The topological polar surface area (TPSA) is 73.6 Å². The maximum absolute atomic E-state index is 10.6. The molecule has 5 heteroatoms. The lowest BCUT2D eigenvalue weighted by Gasteiger charge is -2.29.